The molecule has 6 nitrogen and oxygen atoms in total. The molecule has 0 aromatic heterocycles. The molecule has 0 radical (unpaired) electrons. The van der Waals surface area contributed by atoms with Gasteiger partial charge in [-0.1, -0.05) is 0 Å². The van der Waals surface area contributed by atoms with E-state index >= 15 is 0 Å². The molecule has 1 heterocycles. The molecule has 1 aromatic rings. The predicted octanol–water partition coefficient (Wildman–Crippen LogP) is 3.27. The normalized spacial score (nSPS) is 15.5. The van der Waals surface area contributed by atoms with Gasteiger partial charge in [0.1, 0.15) is 11.6 Å². The van der Waals surface area contributed by atoms with E-state index in [0.717, 1.165) is 64.7 Å². The molecular formula is C21H36FIN4O2. The van der Waals surface area contributed by atoms with Crippen LogP contribution in [-0.2, 0) is 4.74 Å². The molecule has 2 N–H and O–H groups in total. The van der Waals surface area contributed by atoms with Crippen LogP contribution in [0.25, 0.3) is 0 Å². The maximum atomic E-state index is 12.9. The van der Waals surface area contributed by atoms with Gasteiger partial charge >= 0.3 is 0 Å². The zero-order valence-electron chi connectivity index (χ0n) is 17.9. The first-order valence-corrected chi connectivity index (χ1v) is 10.2. The largest absolute Gasteiger partial charge is 0.494 e. The van der Waals surface area contributed by atoms with Gasteiger partial charge in [0.25, 0.3) is 0 Å². The first-order chi connectivity index (χ1) is 13.5. The number of nitrogens with one attached hydrogen (secondary N) is 2. The average molecular weight is 522 g/mol. The number of unbranched alkanes of at least 4 members (excludes halogenated alkanes) is 1. The van der Waals surface area contributed by atoms with Crippen LogP contribution in [0.1, 0.15) is 33.6 Å². The molecule has 1 aromatic carbocycles. The molecule has 8 heteroatoms. The van der Waals surface area contributed by atoms with Crippen molar-refractivity contribution in [1.82, 2.24) is 15.5 Å². The Morgan fingerprint density at radius 3 is 2.52 bits per heavy atom. The summed E-state index contributed by atoms with van der Waals surface area (Å²) in [4.78, 5) is 7.22. The third-order valence-electron chi connectivity index (χ3n) is 4.78. The number of hydrogen-bond acceptors (Lipinski definition) is 4. The molecule has 1 aliphatic rings. The second-order valence-corrected chi connectivity index (χ2v) is 7.54. The first kappa shape index (κ1) is 25.9. The molecule has 0 bridgehead atoms. The summed E-state index contributed by atoms with van der Waals surface area (Å²) in [7, 11) is 0. The van der Waals surface area contributed by atoms with Crippen LogP contribution in [0.4, 0.5) is 4.39 Å². The van der Waals surface area contributed by atoms with E-state index in [1.807, 2.05) is 0 Å². The van der Waals surface area contributed by atoms with E-state index < -0.39 is 0 Å². The maximum Gasteiger partial charge on any atom is 0.191 e. The van der Waals surface area contributed by atoms with Crippen molar-refractivity contribution in [1.29, 1.82) is 0 Å². The molecular weight excluding hydrogens is 486 g/mol. The van der Waals surface area contributed by atoms with Gasteiger partial charge in [0.05, 0.1) is 26.4 Å². The lowest BCUT2D eigenvalue weighted by molar-refractivity contribution is -0.00683. The van der Waals surface area contributed by atoms with Crippen LogP contribution in [0.2, 0.25) is 0 Å². The smallest absolute Gasteiger partial charge is 0.191 e. The van der Waals surface area contributed by atoms with Crippen molar-refractivity contribution >= 4 is 29.9 Å². The Balaban J connectivity index is 0.00000420. The summed E-state index contributed by atoms with van der Waals surface area (Å²) in [6, 6.07) is 6.13. The van der Waals surface area contributed by atoms with Crippen LogP contribution < -0.4 is 15.4 Å². The SMILES string of the molecule is CCNC(=NCC(C)(C)N1CCOCC1)NCCCCOc1ccc(F)cc1.I. The summed E-state index contributed by atoms with van der Waals surface area (Å²) in [6.45, 7) is 13.1. The van der Waals surface area contributed by atoms with Crippen molar-refractivity contribution in [3.05, 3.63) is 30.1 Å². The van der Waals surface area contributed by atoms with E-state index in [1.54, 1.807) is 12.1 Å². The Morgan fingerprint density at radius 2 is 1.86 bits per heavy atom. The van der Waals surface area contributed by atoms with Crippen molar-refractivity contribution in [3.63, 3.8) is 0 Å². The van der Waals surface area contributed by atoms with Gasteiger partial charge in [-0.05, 0) is 57.9 Å². The van der Waals surface area contributed by atoms with Gasteiger partial charge in [-0.15, -0.1) is 24.0 Å². The van der Waals surface area contributed by atoms with Gasteiger partial charge in [-0.3, -0.25) is 9.89 Å². The van der Waals surface area contributed by atoms with Gasteiger partial charge < -0.3 is 20.1 Å². The average Bonchev–Trinajstić information content (AvgIpc) is 2.70. The summed E-state index contributed by atoms with van der Waals surface area (Å²) in [5, 5.41) is 6.70. The second-order valence-electron chi connectivity index (χ2n) is 7.54. The van der Waals surface area contributed by atoms with E-state index in [9.17, 15) is 4.39 Å². The van der Waals surface area contributed by atoms with Crippen LogP contribution in [0.15, 0.2) is 29.3 Å². The minimum Gasteiger partial charge on any atom is -0.494 e. The predicted molar refractivity (Wildman–Crippen MR) is 127 cm³/mol. The van der Waals surface area contributed by atoms with E-state index in [4.69, 9.17) is 14.5 Å². The van der Waals surface area contributed by atoms with Crippen LogP contribution in [0, 0.1) is 5.82 Å². The highest BCUT2D eigenvalue weighted by atomic mass is 127. The molecule has 0 spiro atoms. The van der Waals surface area contributed by atoms with Crippen LogP contribution in [0.5, 0.6) is 5.75 Å². The molecule has 0 atom stereocenters. The topological polar surface area (TPSA) is 58.1 Å². The fourth-order valence-corrected chi connectivity index (χ4v) is 3.04. The lowest BCUT2D eigenvalue weighted by Crippen LogP contribution is -2.52. The molecule has 0 aliphatic carbocycles. The van der Waals surface area contributed by atoms with Crippen molar-refractivity contribution in [2.45, 2.75) is 39.2 Å². The highest BCUT2D eigenvalue weighted by Crippen LogP contribution is 2.16. The number of ether oxygens (including phenoxy) is 2. The zero-order valence-corrected chi connectivity index (χ0v) is 20.2. The van der Waals surface area contributed by atoms with Gasteiger partial charge in [0, 0.05) is 31.7 Å². The summed E-state index contributed by atoms with van der Waals surface area (Å²) in [5.41, 5.74) is 0.00906. The fourth-order valence-electron chi connectivity index (χ4n) is 3.04. The third kappa shape index (κ3) is 9.95. The Bertz CT molecular complexity index is 593. The van der Waals surface area contributed by atoms with Gasteiger partial charge in [-0.2, -0.15) is 0 Å². The van der Waals surface area contributed by atoms with Gasteiger partial charge in [-0.25, -0.2) is 4.39 Å². The third-order valence-corrected chi connectivity index (χ3v) is 4.78. The highest BCUT2D eigenvalue weighted by molar-refractivity contribution is 14.0. The Morgan fingerprint density at radius 1 is 1.17 bits per heavy atom. The number of rotatable bonds is 10. The summed E-state index contributed by atoms with van der Waals surface area (Å²) in [5.74, 6) is 1.31. The summed E-state index contributed by atoms with van der Waals surface area (Å²) >= 11 is 0. The molecule has 1 fully saturated rings. The van der Waals surface area contributed by atoms with Crippen molar-refractivity contribution in [3.8, 4) is 5.75 Å². The van der Waals surface area contributed by atoms with Crippen LogP contribution in [-0.4, -0.2) is 68.9 Å². The first-order valence-electron chi connectivity index (χ1n) is 10.2. The Hall–Kier alpha value is -1.13. The number of guanidine groups is 1. The minimum absolute atomic E-state index is 0. The van der Waals surface area contributed by atoms with E-state index in [-0.39, 0.29) is 35.3 Å². The Kier molecular flexibility index (Phi) is 12.5. The molecule has 166 valence electrons. The molecule has 29 heavy (non-hydrogen) atoms. The van der Waals surface area contributed by atoms with Crippen molar-refractivity contribution in [2.24, 2.45) is 4.99 Å². The fraction of sp³-hybridized carbons (Fsp3) is 0.667. The number of halogens is 2. The molecule has 1 saturated heterocycles. The van der Waals surface area contributed by atoms with Crippen LogP contribution in [0.3, 0.4) is 0 Å². The lowest BCUT2D eigenvalue weighted by Gasteiger charge is -2.39. The number of morpholine rings is 1. The van der Waals surface area contributed by atoms with E-state index in [0.29, 0.717) is 12.4 Å². The summed E-state index contributed by atoms with van der Waals surface area (Å²) < 4.78 is 23.9. The molecule has 2 rings (SSSR count). The quantitative estimate of drug-likeness (QED) is 0.214. The van der Waals surface area contributed by atoms with E-state index in [1.165, 1.54) is 12.1 Å². The minimum atomic E-state index is -0.247. The standard InChI is InChI=1S/C21H35FN4O2.HI/c1-4-23-20(25-17-21(2,3)26-12-15-27-16-13-26)24-11-5-6-14-28-19-9-7-18(22)8-10-19;/h7-10H,4-6,11-17H2,1-3H3,(H2,23,24,25);1H. The summed E-state index contributed by atoms with van der Waals surface area (Å²) in [6.07, 6.45) is 1.89. The zero-order chi connectivity index (χ0) is 20.2. The van der Waals surface area contributed by atoms with Crippen molar-refractivity contribution in [2.75, 3.05) is 52.5 Å². The second kappa shape index (κ2) is 14.0. The maximum absolute atomic E-state index is 12.9. The van der Waals surface area contributed by atoms with Crippen LogP contribution >= 0.6 is 24.0 Å². The number of benzene rings is 1. The molecule has 0 amide bonds. The van der Waals surface area contributed by atoms with Crippen molar-refractivity contribution < 1.29 is 13.9 Å². The highest BCUT2D eigenvalue weighted by Gasteiger charge is 2.28. The molecule has 1 aliphatic heterocycles. The number of aliphatic imine (C=N–C) groups is 1. The van der Waals surface area contributed by atoms with Gasteiger partial charge in [0.2, 0.25) is 0 Å². The monoisotopic (exact) mass is 522 g/mol. The molecule has 0 saturated carbocycles. The lowest BCUT2D eigenvalue weighted by atomic mass is 10.0. The molecule has 0 unspecified atom stereocenters. The number of hydrogen-bond donors (Lipinski definition) is 2. The number of nitrogens with zero attached hydrogens (tertiary/aromatic N) is 2. The Labute approximate surface area is 191 Å². The van der Waals surface area contributed by atoms with Gasteiger partial charge in [0.15, 0.2) is 5.96 Å². The van der Waals surface area contributed by atoms with E-state index in [2.05, 4.69) is 36.3 Å².